The fraction of sp³-hybridized carbons (Fsp3) is 0.846. The Hall–Kier alpha value is -1.10. The highest BCUT2D eigenvalue weighted by atomic mass is 16.6. The van der Waals surface area contributed by atoms with Gasteiger partial charge in [-0.15, -0.1) is 0 Å². The summed E-state index contributed by atoms with van der Waals surface area (Å²) < 4.78 is 5.37. The summed E-state index contributed by atoms with van der Waals surface area (Å²) in [7, 11) is 0. The summed E-state index contributed by atoms with van der Waals surface area (Å²) in [5, 5.41) is 3.38. The molecular weight excluding hydrogens is 232 g/mol. The Balaban J connectivity index is 2.76. The topological polar surface area (TPSA) is 49.9 Å². The lowest BCUT2D eigenvalue weighted by molar-refractivity contribution is -0.130. The van der Waals surface area contributed by atoms with Crippen LogP contribution in [-0.2, 0) is 9.53 Å². The number of aldehydes is 1. The van der Waals surface area contributed by atoms with Gasteiger partial charge < -0.3 is 9.53 Å². The summed E-state index contributed by atoms with van der Waals surface area (Å²) in [6, 6.07) is -0.412. The summed E-state index contributed by atoms with van der Waals surface area (Å²) in [6.45, 7) is 9.11. The van der Waals surface area contributed by atoms with E-state index in [9.17, 15) is 9.59 Å². The van der Waals surface area contributed by atoms with Gasteiger partial charge in [-0.05, 0) is 33.6 Å². The summed E-state index contributed by atoms with van der Waals surface area (Å²) >= 11 is 0. The Bertz CT molecular complexity index is 295. The second-order valence-electron chi connectivity index (χ2n) is 5.62. The highest BCUT2D eigenvalue weighted by Crippen LogP contribution is 2.20. The molecule has 104 valence electrons. The largest absolute Gasteiger partial charge is 0.443 e. The first-order chi connectivity index (χ1) is 8.39. The summed E-state index contributed by atoms with van der Waals surface area (Å²) in [6.07, 6.45) is 2.99. The van der Waals surface area contributed by atoms with Crippen LogP contribution >= 0.6 is 0 Å². The molecule has 1 heterocycles. The van der Waals surface area contributed by atoms with Crippen LogP contribution in [0.25, 0.3) is 0 Å². The Morgan fingerprint density at radius 2 is 2.06 bits per heavy atom. The van der Waals surface area contributed by atoms with Gasteiger partial charge >= 0.3 is 6.09 Å². The lowest BCUT2D eigenvalue weighted by Gasteiger charge is -2.43. The van der Waals surface area contributed by atoms with E-state index in [1.165, 1.54) is 5.01 Å². The summed E-state index contributed by atoms with van der Waals surface area (Å²) in [4.78, 5) is 23.3. The molecule has 0 radical (unpaired) electrons. The zero-order valence-electron chi connectivity index (χ0n) is 11.8. The molecule has 0 saturated carbocycles. The van der Waals surface area contributed by atoms with E-state index in [0.29, 0.717) is 6.42 Å². The number of hydrogen-bond donors (Lipinski definition) is 0. The molecule has 5 heteroatoms. The molecular formula is C13H24N2O3. The van der Waals surface area contributed by atoms with Crippen molar-refractivity contribution in [2.45, 2.75) is 58.6 Å². The minimum atomic E-state index is -0.542. The van der Waals surface area contributed by atoms with Crippen LogP contribution in [-0.4, -0.2) is 47.1 Å². The molecule has 0 aromatic heterocycles. The van der Waals surface area contributed by atoms with Crippen LogP contribution in [0, 0.1) is 0 Å². The van der Waals surface area contributed by atoms with Gasteiger partial charge in [0.2, 0.25) is 0 Å². The Labute approximate surface area is 109 Å². The van der Waals surface area contributed by atoms with E-state index in [1.807, 2.05) is 32.7 Å². The predicted molar refractivity (Wildman–Crippen MR) is 69.0 cm³/mol. The summed E-state index contributed by atoms with van der Waals surface area (Å²) in [5.41, 5.74) is -0.542. The van der Waals surface area contributed by atoms with Crippen LogP contribution in [0.5, 0.6) is 0 Å². The number of rotatable bonds is 5. The number of nitrogens with zero attached hydrogens (tertiary/aromatic N) is 2. The van der Waals surface area contributed by atoms with E-state index >= 15 is 0 Å². The number of amides is 1. The van der Waals surface area contributed by atoms with Gasteiger partial charge in [0.1, 0.15) is 17.9 Å². The third-order valence-corrected chi connectivity index (χ3v) is 2.77. The van der Waals surface area contributed by atoms with Gasteiger partial charge in [0.25, 0.3) is 0 Å². The van der Waals surface area contributed by atoms with Crippen LogP contribution in [0.2, 0.25) is 0 Å². The van der Waals surface area contributed by atoms with Crippen molar-refractivity contribution in [3.63, 3.8) is 0 Å². The molecule has 1 atom stereocenters. The molecule has 0 unspecified atom stereocenters. The van der Waals surface area contributed by atoms with Crippen LogP contribution in [0.3, 0.4) is 0 Å². The number of hydrogen-bond acceptors (Lipinski definition) is 4. The van der Waals surface area contributed by atoms with Crippen molar-refractivity contribution >= 4 is 12.4 Å². The Morgan fingerprint density at radius 1 is 1.44 bits per heavy atom. The maximum atomic E-state index is 12.2. The second-order valence-corrected chi connectivity index (χ2v) is 5.62. The Morgan fingerprint density at radius 3 is 2.39 bits per heavy atom. The van der Waals surface area contributed by atoms with Crippen LogP contribution in [0.15, 0.2) is 0 Å². The number of carbonyl (C=O) groups excluding carboxylic acids is 2. The first-order valence-electron chi connectivity index (χ1n) is 6.61. The fourth-order valence-corrected chi connectivity index (χ4v) is 1.83. The predicted octanol–water partition coefficient (Wildman–Crippen LogP) is 2.21. The quantitative estimate of drug-likeness (QED) is 0.708. The molecule has 0 aromatic carbocycles. The van der Waals surface area contributed by atoms with E-state index in [0.717, 1.165) is 32.2 Å². The zero-order valence-corrected chi connectivity index (χ0v) is 11.8. The van der Waals surface area contributed by atoms with E-state index in [4.69, 9.17) is 4.74 Å². The molecule has 1 aliphatic heterocycles. The van der Waals surface area contributed by atoms with Crippen LogP contribution < -0.4 is 0 Å². The second kappa shape index (κ2) is 6.18. The van der Waals surface area contributed by atoms with Gasteiger partial charge in [-0.25, -0.2) is 14.8 Å². The van der Waals surface area contributed by atoms with Crippen LogP contribution in [0.1, 0.15) is 47.0 Å². The molecule has 1 rings (SSSR count). The van der Waals surface area contributed by atoms with Crippen molar-refractivity contribution in [3.8, 4) is 0 Å². The standard InChI is InChI=1S/C13H24N2O3/c1-5-7-11(10-16)15(14-8-6-9-14)12(17)18-13(2,3)4/h10-11H,5-9H2,1-4H3/t11-/m0/s1. The third kappa shape index (κ3) is 3.98. The van der Waals surface area contributed by atoms with Crippen molar-refractivity contribution in [2.75, 3.05) is 13.1 Å². The van der Waals surface area contributed by atoms with Gasteiger partial charge in [0.15, 0.2) is 0 Å². The molecule has 1 saturated heterocycles. The lowest BCUT2D eigenvalue weighted by atomic mass is 10.1. The van der Waals surface area contributed by atoms with E-state index in [1.54, 1.807) is 0 Å². The van der Waals surface area contributed by atoms with Gasteiger partial charge in [0, 0.05) is 13.1 Å². The normalized spacial score (nSPS) is 17.8. The maximum Gasteiger partial charge on any atom is 0.425 e. The minimum absolute atomic E-state index is 0.412. The monoisotopic (exact) mass is 256 g/mol. The molecule has 0 N–H and O–H groups in total. The zero-order chi connectivity index (χ0) is 13.8. The molecule has 1 aliphatic rings. The maximum absolute atomic E-state index is 12.2. The van der Waals surface area contributed by atoms with E-state index in [2.05, 4.69) is 0 Å². The fourth-order valence-electron chi connectivity index (χ4n) is 1.83. The van der Waals surface area contributed by atoms with Gasteiger partial charge in [-0.1, -0.05) is 13.3 Å². The molecule has 1 fully saturated rings. The molecule has 0 bridgehead atoms. The first-order valence-corrected chi connectivity index (χ1v) is 6.61. The van der Waals surface area contributed by atoms with Gasteiger partial charge in [0.05, 0.1) is 0 Å². The van der Waals surface area contributed by atoms with E-state index < -0.39 is 17.7 Å². The number of hydrazine groups is 1. The average molecular weight is 256 g/mol. The van der Waals surface area contributed by atoms with E-state index in [-0.39, 0.29) is 0 Å². The molecule has 0 aliphatic carbocycles. The molecule has 5 nitrogen and oxygen atoms in total. The van der Waals surface area contributed by atoms with Crippen molar-refractivity contribution < 1.29 is 14.3 Å². The number of ether oxygens (including phenoxy) is 1. The van der Waals surface area contributed by atoms with Crippen molar-refractivity contribution in [3.05, 3.63) is 0 Å². The van der Waals surface area contributed by atoms with Gasteiger partial charge in [-0.2, -0.15) is 0 Å². The highest BCUT2D eigenvalue weighted by Gasteiger charge is 2.34. The Kier molecular flexibility index (Phi) is 5.14. The smallest absolute Gasteiger partial charge is 0.425 e. The first kappa shape index (κ1) is 15.0. The average Bonchev–Trinajstić information content (AvgIpc) is 2.17. The highest BCUT2D eigenvalue weighted by molar-refractivity contribution is 5.73. The lowest BCUT2D eigenvalue weighted by Crippen LogP contribution is -2.58. The summed E-state index contributed by atoms with van der Waals surface area (Å²) in [5.74, 6) is 0. The van der Waals surface area contributed by atoms with Crippen LogP contribution in [0.4, 0.5) is 4.79 Å². The van der Waals surface area contributed by atoms with Crippen molar-refractivity contribution in [2.24, 2.45) is 0 Å². The molecule has 1 amide bonds. The molecule has 18 heavy (non-hydrogen) atoms. The SMILES string of the molecule is CCC[C@@H](C=O)N(C(=O)OC(C)(C)C)N1CCC1. The van der Waals surface area contributed by atoms with Crippen molar-refractivity contribution in [1.82, 2.24) is 10.0 Å². The molecule has 0 spiro atoms. The van der Waals surface area contributed by atoms with Crippen molar-refractivity contribution in [1.29, 1.82) is 0 Å². The minimum Gasteiger partial charge on any atom is -0.443 e. The third-order valence-electron chi connectivity index (χ3n) is 2.77. The molecule has 0 aromatic rings. The number of carbonyl (C=O) groups is 2. The van der Waals surface area contributed by atoms with Gasteiger partial charge in [-0.3, -0.25) is 0 Å².